The molecule has 1 aromatic rings. The van der Waals surface area contributed by atoms with Gasteiger partial charge in [-0.1, -0.05) is 11.6 Å². The van der Waals surface area contributed by atoms with Crippen molar-refractivity contribution < 1.29 is 19.6 Å². The Morgan fingerprint density at radius 1 is 1.48 bits per heavy atom. The molecule has 1 aliphatic rings. The van der Waals surface area contributed by atoms with E-state index in [0.717, 1.165) is 6.07 Å². The number of carbonyl (C=O) groups is 2. The van der Waals surface area contributed by atoms with E-state index in [1.54, 1.807) is 0 Å². The van der Waals surface area contributed by atoms with Gasteiger partial charge in [-0.3, -0.25) is 14.9 Å². The first-order chi connectivity index (χ1) is 9.75. The largest absolute Gasteiger partial charge is 0.480 e. The van der Waals surface area contributed by atoms with Crippen molar-refractivity contribution in [2.75, 3.05) is 0 Å². The van der Waals surface area contributed by atoms with E-state index in [4.69, 9.17) is 11.6 Å². The van der Waals surface area contributed by atoms with Crippen LogP contribution in [0, 0.1) is 16.0 Å². The summed E-state index contributed by atoms with van der Waals surface area (Å²) in [6.45, 7) is 1.41. The first-order valence-corrected chi connectivity index (χ1v) is 6.63. The van der Waals surface area contributed by atoms with Crippen molar-refractivity contribution in [2.45, 2.75) is 25.3 Å². The number of nitrogens with zero attached hydrogens (tertiary/aromatic N) is 1. The standard InChI is InChI=1S/C13H13ClN2O5/c1-13(12(18)19,7-2-3-7)15-11(17)9-5-4-8(14)6-10(9)16(20)21/h4-7H,2-3H2,1H3,(H,15,17)(H,18,19). The van der Waals surface area contributed by atoms with Crippen LogP contribution in [0.5, 0.6) is 0 Å². The molecule has 0 heterocycles. The smallest absolute Gasteiger partial charge is 0.329 e. The Balaban J connectivity index is 2.32. The second kappa shape index (κ2) is 5.33. The van der Waals surface area contributed by atoms with Gasteiger partial charge in [0.15, 0.2) is 0 Å². The van der Waals surface area contributed by atoms with E-state index in [0.29, 0.717) is 12.8 Å². The molecular weight excluding hydrogens is 300 g/mol. The van der Waals surface area contributed by atoms with E-state index in [9.17, 15) is 24.8 Å². The number of nitrogens with one attached hydrogen (secondary N) is 1. The van der Waals surface area contributed by atoms with Crippen LogP contribution in [0.1, 0.15) is 30.1 Å². The van der Waals surface area contributed by atoms with Gasteiger partial charge in [-0.2, -0.15) is 0 Å². The van der Waals surface area contributed by atoms with Gasteiger partial charge in [-0.25, -0.2) is 4.79 Å². The van der Waals surface area contributed by atoms with Gasteiger partial charge in [0.25, 0.3) is 11.6 Å². The number of hydrogen-bond donors (Lipinski definition) is 2. The molecule has 0 saturated heterocycles. The summed E-state index contributed by atoms with van der Waals surface area (Å²) >= 11 is 5.68. The highest BCUT2D eigenvalue weighted by Crippen LogP contribution is 2.40. The highest BCUT2D eigenvalue weighted by atomic mass is 35.5. The maximum absolute atomic E-state index is 12.2. The molecule has 1 aromatic carbocycles. The number of carboxylic acid groups (broad SMARTS) is 1. The van der Waals surface area contributed by atoms with E-state index in [-0.39, 0.29) is 16.5 Å². The van der Waals surface area contributed by atoms with Crippen LogP contribution in [-0.4, -0.2) is 27.4 Å². The number of amides is 1. The van der Waals surface area contributed by atoms with Crippen molar-refractivity contribution in [3.8, 4) is 0 Å². The minimum absolute atomic E-state index is 0.126. The lowest BCUT2D eigenvalue weighted by Gasteiger charge is -2.26. The molecule has 1 atom stereocenters. The van der Waals surface area contributed by atoms with Gasteiger partial charge in [-0.15, -0.1) is 0 Å². The molecule has 0 aliphatic heterocycles. The third kappa shape index (κ3) is 2.97. The zero-order valence-corrected chi connectivity index (χ0v) is 11.9. The lowest BCUT2D eigenvalue weighted by Crippen LogP contribution is -2.54. The molecule has 0 radical (unpaired) electrons. The lowest BCUT2D eigenvalue weighted by molar-refractivity contribution is -0.385. The lowest BCUT2D eigenvalue weighted by atomic mass is 9.95. The molecule has 2 rings (SSSR count). The Labute approximate surface area is 125 Å². The topological polar surface area (TPSA) is 110 Å². The fraction of sp³-hybridized carbons (Fsp3) is 0.385. The fourth-order valence-electron chi connectivity index (χ4n) is 2.14. The van der Waals surface area contributed by atoms with Gasteiger partial charge < -0.3 is 10.4 Å². The van der Waals surface area contributed by atoms with Crippen molar-refractivity contribution in [2.24, 2.45) is 5.92 Å². The number of halogens is 1. The van der Waals surface area contributed by atoms with Crippen molar-refractivity contribution in [3.05, 3.63) is 38.9 Å². The average molecular weight is 313 g/mol. The number of carboxylic acids is 1. The Hall–Kier alpha value is -2.15. The molecule has 8 heteroatoms. The molecule has 0 bridgehead atoms. The summed E-state index contributed by atoms with van der Waals surface area (Å²) in [6, 6.07) is 3.62. The van der Waals surface area contributed by atoms with Crippen molar-refractivity contribution in [3.63, 3.8) is 0 Å². The molecule has 1 fully saturated rings. The molecular formula is C13H13ClN2O5. The Kier molecular flexibility index (Phi) is 3.87. The summed E-state index contributed by atoms with van der Waals surface area (Å²) in [6.07, 6.45) is 1.40. The molecule has 1 unspecified atom stereocenters. The minimum atomic E-state index is -1.43. The predicted molar refractivity (Wildman–Crippen MR) is 74.3 cm³/mol. The summed E-state index contributed by atoms with van der Waals surface area (Å²) in [4.78, 5) is 33.8. The molecule has 1 saturated carbocycles. The van der Waals surface area contributed by atoms with Crippen LogP contribution in [0.15, 0.2) is 18.2 Å². The second-order valence-electron chi connectivity index (χ2n) is 5.15. The Morgan fingerprint density at radius 3 is 2.57 bits per heavy atom. The zero-order valence-electron chi connectivity index (χ0n) is 11.1. The quantitative estimate of drug-likeness (QED) is 0.640. The summed E-state index contributed by atoms with van der Waals surface area (Å²) < 4.78 is 0. The predicted octanol–water partition coefficient (Wildman–Crippen LogP) is 2.23. The van der Waals surface area contributed by atoms with Crippen molar-refractivity contribution in [1.82, 2.24) is 5.32 Å². The number of rotatable bonds is 5. The normalized spacial score (nSPS) is 16.9. The van der Waals surface area contributed by atoms with Gasteiger partial charge >= 0.3 is 5.97 Å². The van der Waals surface area contributed by atoms with Crippen LogP contribution in [0.3, 0.4) is 0 Å². The third-order valence-electron chi connectivity index (χ3n) is 3.61. The average Bonchev–Trinajstić information content (AvgIpc) is 3.22. The number of nitro groups is 1. The van der Waals surface area contributed by atoms with Crippen LogP contribution in [-0.2, 0) is 4.79 Å². The molecule has 21 heavy (non-hydrogen) atoms. The molecule has 0 spiro atoms. The zero-order chi connectivity index (χ0) is 15.8. The number of benzene rings is 1. The number of carbonyl (C=O) groups excluding carboxylic acids is 1. The van der Waals surface area contributed by atoms with E-state index >= 15 is 0 Å². The minimum Gasteiger partial charge on any atom is -0.480 e. The highest BCUT2D eigenvalue weighted by Gasteiger charge is 2.49. The summed E-state index contributed by atoms with van der Waals surface area (Å²) in [7, 11) is 0. The molecule has 1 amide bonds. The van der Waals surface area contributed by atoms with Gasteiger partial charge in [-0.05, 0) is 37.8 Å². The van der Waals surface area contributed by atoms with Crippen molar-refractivity contribution in [1.29, 1.82) is 0 Å². The molecule has 1 aliphatic carbocycles. The first kappa shape index (κ1) is 15.2. The van der Waals surface area contributed by atoms with E-state index in [2.05, 4.69) is 5.32 Å². The molecule has 7 nitrogen and oxygen atoms in total. The molecule has 0 aromatic heterocycles. The van der Waals surface area contributed by atoms with Crippen molar-refractivity contribution >= 4 is 29.2 Å². The third-order valence-corrected chi connectivity index (χ3v) is 3.85. The second-order valence-corrected chi connectivity index (χ2v) is 5.59. The van der Waals surface area contributed by atoms with Gasteiger partial charge in [0.1, 0.15) is 11.1 Å². The highest BCUT2D eigenvalue weighted by molar-refractivity contribution is 6.31. The van der Waals surface area contributed by atoms with Gasteiger partial charge in [0, 0.05) is 11.1 Å². The fourth-order valence-corrected chi connectivity index (χ4v) is 2.31. The first-order valence-electron chi connectivity index (χ1n) is 6.25. The number of hydrogen-bond acceptors (Lipinski definition) is 4. The Morgan fingerprint density at radius 2 is 2.10 bits per heavy atom. The van der Waals surface area contributed by atoms with Crippen LogP contribution in [0.25, 0.3) is 0 Å². The maximum atomic E-state index is 12.2. The van der Waals surface area contributed by atoms with E-state index in [1.807, 2.05) is 0 Å². The van der Waals surface area contributed by atoms with Gasteiger partial charge in [0.2, 0.25) is 0 Å². The monoisotopic (exact) mass is 312 g/mol. The van der Waals surface area contributed by atoms with E-state index in [1.165, 1.54) is 19.1 Å². The number of aliphatic carboxylic acids is 1. The summed E-state index contributed by atoms with van der Waals surface area (Å²) in [5.41, 5.74) is -2.09. The SMILES string of the molecule is CC(NC(=O)c1ccc(Cl)cc1[N+](=O)[O-])(C(=O)O)C1CC1. The number of nitro benzene ring substituents is 1. The van der Waals surface area contributed by atoms with E-state index < -0.39 is 28.0 Å². The summed E-state index contributed by atoms with van der Waals surface area (Å²) in [5.74, 6) is -2.12. The van der Waals surface area contributed by atoms with Crippen LogP contribution < -0.4 is 5.32 Å². The van der Waals surface area contributed by atoms with Gasteiger partial charge in [0.05, 0.1) is 4.92 Å². The molecule has 2 N–H and O–H groups in total. The van der Waals surface area contributed by atoms with Crippen LogP contribution in [0.2, 0.25) is 5.02 Å². The van der Waals surface area contributed by atoms with Crippen LogP contribution >= 0.6 is 11.6 Å². The maximum Gasteiger partial charge on any atom is 0.329 e. The summed E-state index contributed by atoms with van der Waals surface area (Å²) in [5, 5.41) is 22.8. The van der Waals surface area contributed by atoms with Crippen LogP contribution in [0.4, 0.5) is 5.69 Å². The Bertz CT molecular complexity index is 629. The molecule has 112 valence electrons.